The van der Waals surface area contributed by atoms with Crippen LogP contribution in [0.2, 0.25) is 0 Å². The Bertz CT molecular complexity index is 1090. The van der Waals surface area contributed by atoms with Gasteiger partial charge in [0.2, 0.25) is 0 Å². The maximum atomic E-state index is 13.6. The van der Waals surface area contributed by atoms with Crippen LogP contribution in [-0.4, -0.2) is 97.5 Å². The molecule has 3 aliphatic rings. The maximum Gasteiger partial charge on any atom is 0.266 e. The standard InChI is InChI=1S/C25H32FN5O5/c1-17(32)21-14-19(15-31(21)8-4-7-26)25(23(34)29(2)24(27)28-25)18-5-3-6-20(13-18)36-16-22(33)30-9-11-35-12-10-30/h3,5-6,13,15,21H,4,7-12,14,16H2,1-2H3,(H2,27,28). The SMILES string of the molecule is CC(=O)C1CC(C2(c3cccc(OCC(=O)N4CCOCC4)c3)N=C(N)N(C)C2=O)=CN1CCCF. The second-order valence-corrected chi connectivity index (χ2v) is 9.12. The second kappa shape index (κ2) is 10.7. The maximum absolute atomic E-state index is 13.6. The molecule has 11 heteroatoms. The molecule has 3 heterocycles. The molecule has 3 aliphatic heterocycles. The summed E-state index contributed by atoms with van der Waals surface area (Å²) in [5.74, 6) is -0.132. The van der Waals surface area contributed by atoms with Gasteiger partial charge >= 0.3 is 0 Å². The van der Waals surface area contributed by atoms with Crippen LogP contribution in [0, 0.1) is 0 Å². The number of rotatable bonds is 9. The van der Waals surface area contributed by atoms with Crippen molar-refractivity contribution in [2.75, 3.05) is 53.2 Å². The summed E-state index contributed by atoms with van der Waals surface area (Å²) in [6, 6.07) is 6.34. The zero-order chi connectivity index (χ0) is 25.9. The quantitative estimate of drug-likeness (QED) is 0.532. The summed E-state index contributed by atoms with van der Waals surface area (Å²) in [6.45, 7) is 3.20. The normalized spacial score (nSPS) is 24.1. The number of ether oxygens (including phenoxy) is 2. The third-order valence-electron chi connectivity index (χ3n) is 6.84. The minimum absolute atomic E-state index is 0.0521. The van der Waals surface area contributed by atoms with Gasteiger partial charge in [-0.05, 0) is 36.6 Å². The van der Waals surface area contributed by atoms with Crippen molar-refractivity contribution in [3.8, 4) is 5.75 Å². The molecule has 2 amide bonds. The monoisotopic (exact) mass is 501 g/mol. The van der Waals surface area contributed by atoms with Crippen LogP contribution in [-0.2, 0) is 24.7 Å². The lowest BCUT2D eigenvalue weighted by Gasteiger charge is -2.28. The minimum atomic E-state index is -1.48. The van der Waals surface area contributed by atoms with Crippen molar-refractivity contribution in [3.05, 3.63) is 41.6 Å². The number of halogens is 1. The summed E-state index contributed by atoms with van der Waals surface area (Å²) in [6.07, 6.45) is 2.27. The molecule has 10 nitrogen and oxygen atoms in total. The van der Waals surface area contributed by atoms with E-state index in [9.17, 15) is 18.8 Å². The van der Waals surface area contributed by atoms with Crippen LogP contribution in [0.25, 0.3) is 0 Å². The number of aliphatic imine (C=N–C) groups is 1. The van der Waals surface area contributed by atoms with Crippen LogP contribution >= 0.6 is 0 Å². The number of nitrogens with two attached hydrogens (primary N) is 1. The predicted octanol–water partition coefficient (Wildman–Crippen LogP) is 0.813. The van der Waals surface area contributed by atoms with Gasteiger partial charge in [-0.15, -0.1) is 0 Å². The minimum Gasteiger partial charge on any atom is -0.484 e. The molecule has 1 saturated heterocycles. The molecule has 0 aromatic heterocycles. The predicted molar refractivity (Wildman–Crippen MR) is 130 cm³/mol. The third kappa shape index (κ3) is 4.79. The second-order valence-electron chi connectivity index (χ2n) is 9.12. The first-order valence-corrected chi connectivity index (χ1v) is 12.0. The fourth-order valence-corrected chi connectivity index (χ4v) is 4.83. The number of morpholine rings is 1. The van der Waals surface area contributed by atoms with Gasteiger partial charge in [-0.25, -0.2) is 4.99 Å². The molecule has 2 N–H and O–H groups in total. The molecule has 0 aliphatic carbocycles. The summed E-state index contributed by atoms with van der Waals surface area (Å²) >= 11 is 0. The topological polar surface area (TPSA) is 118 Å². The first-order chi connectivity index (χ1) is 17.3. The van der Waals surface area contributed by atoms with Crippen LogP contribution in [0.1, 0.15) is 25.3 Å². The van der Waals surface area contributed by atoms with Crippen LogP contribution in [0.15, 0.2) is 41.0 Å². The van der Waals surface area contributed by atoms with Gasteiger partial charge in [-0.3, -0.25) is 23.7 Å². The highest BCUT2D eigenvalue weighted by Gasteiger charge is 2.53. The average molecular weight is 502 g/mol. The van der Waals surface area contributed by atoms with Crippen molar-refractivity contribution >= 4 is 23.6 Å². The van der Waals surface area contributed by atoms with Gasteiger partial charge in [0.1, 0.15) is 5.75 Å². The Morgan fingerprint density at radius 2 is 2.06 bits per heavy atom. The molecule has 0 radical (unpaired) electrons. The van der Waals surface area contributed by atoms with Gasteiger partial charge in [-0.1, -0.05) is 12.1 Å². The molecule has 0 saturated carbocycles. The van der Waals surface area contributed by atoms with E-state index in [0.29, 0.717) is 49.7 Å². The Hall–Kier alpha value is -3.47. The van der Waals surface area contributed by atoms with Crippen LogP contribution < -0.4 is 10.5 Å². The number of amides is 2. The fraction of sp³-hybridized carbons (Fsp3) is 0.520. The zero-order valence-corrected chi connectivity index (χ0v) is 20.6. The molecule has 194 valence electrons. The summed E-state index contributed by atoms with van der Waals surface area (Å²) < 4.78 is 24.0. The molecule has 2 unspecified atom stereocenters. The van der Waals surface area contributed by atoms with E-state index in [0.717, 1.165) is 0 Å². The zero-order valence-electron chi connectivity index (χ0n) is 20.6. The Labute approximate surface area is 209 Å². The summed E-state index contributed by atoms with van der Waals surface area (Å²) in [4.78, 5) is 47.9. The number of alkyl halides is 1. The molecule has 4 rings (SSSR count). The number of guanidine groups is 1. The first kappa shape index (κ1) is 25.6. The van der Waals surface area contributed by atoms with Gasteiger partial charge < -0.3 is 25.0 Å². The third-order valence-corrected chi connectivity index (χ3v) is 6.84. The number of hydrogen-bond acceptors (Lipinski definition) is 8. The number of hydrogen-bond donors (Lipinski definition) is 1. The van der Waals surface area contributed by atoms with Gasteiger partial charge in [0.25, 0.3) is 11.8 Å². The van der Waals surface area contributed by atoms with Crippen molar-refractivity contribution in [1.29, 1.82) is 0 Å². The number of carbonyl (C=O) groups excluding carboxylic acids is 3. The van der Waals surface area contributed by atoms with Crippen LogP contribution in [0.5, 0.6) is 5.75 Å². The van der Waals surface area contributed by atoms with Crippen molar-refractivity contribution in [1.82, 2.24) is 14.7 Å². The molecule has 0 spiro atoms. The molecule has 36 heavy (non-hydrogen) atoms. The van der Waals surface area contributed by atoms with Gasteiger partial charge in [0.15, 0.2) is 23.9 Å². The van der Waals surface area contributed by atoms with Crippen molar-refractivity contribution in [2.45, 2.75) is 31.3 Å². The lowest BCUT2D eigenvalue weighted by molar-refractivity contribution is -0.137. The average Bonchev–Trinajstić information content (AvgIpc) is 3.42. The highest BCUT2D eigenvalue weighted by Crippen LogP contribution is 2.45. The summed E-state index contributed by atoms with van der Waals surface area (Å²) in [5.41, 5.74) is 5.71. The van der Waals surface area contributed by atoms with E-state index in [2.05, 4.69) is 4.99 Å². The number of Topliss-reactive ketones (excluding diaryl/α,β-unsaturated/α-hetero) is 1. The van der Waals surface area contributed by atoms with E-state index < -0.39 is 18.3 Å². The number of ketones is 1. The van der Waals surface area contributed by atoms with Crippen LogP contribution in [0.4, 0.5) is 4.39 Å². The van der Waals surface area contributed by atoms with Gasteiger partial charge in [-0.2, -0.15) is 0 Å². The largest absolute Gasteiger partial charge is 0.484 e. The van der Waals surface area contributed by atoms with Gasteiger partial charge in [0, 0.05) is 39.3 Å². The Morgan fingerprint density at radius 1 is 1.31 bits per heavy atom. The van der Waals surface area contributed by atoms with Gasteiger partial charge in [0.05, 0.1) is 25.9 Å². The Kier molecular flexibility index (Phi) is 7.58. The summed E-state index contributed by atoms with van der Waals surface area (Å²) in [5, 5.41) is 0. The van der Waals surface area contributed by atoms with Crippen molar-refractivity contribution in [3.63, 3.8) is 0 Å². The lowest BCUT2D eigenvalue weighted by atomic mass is 9.81. The molecule has 1 fully saturated rings. The number of nitrogens with zero attached hydrogens (tertiary/aromatic N) is 4. The molecular formula is C25H32FN5O5. The first-order valence-electron chi connectivity index (χ1n) is 12.0. The van der Waals surface area contributed by atoms with E-state index in [-0.39, 0.29) is 43.0 Å². The number of carbonyl (C=O) groups is 3. The van der Waals surface area contributed by atoms with Crippen molar-refractivity contribution in [2.24, 2.45) is 10.7 Å². The molecule has 1 aromatic rings. The molecule has 0 bridgehead atoms. The highest BCUT2D eigenvalue weighted by atomic mass is 19.1. The van der Waals surface area contributed by atoms with Crippen LogP contribution in [0.3, 0.4) is 0 Å². The smallest absolute Gasteiger partial charge is 0.266 e. The van der Waals surface area contributed by atoms with E-state index in [4.69, 9.17) is 15.2 Å². The fourth-order valence-electron chi connectivity index (χ4n) is 4.83. The van der Waals surface area contributed by atoms with Crippen molar-refractivity contribution < 1.29 is 28.2 Å². The summed E-state index contributed by atoms with van der Waals surface area (Å²) in [7, 11) is 1.54. The highest BCUT2D eigenvalue weighted by molar-refractivity contribution is 6.09. The van der Waals surface area contributed by atoms with E-state index in [1.54, 1.807) is 47.3 Å². The number of likely N-dealkylation sites (N-methyl/N-ethyl adjacent to an activating group) is 1. The number of benzene rings is 1. The molecule has 2 atom stereocenters. The van der Waals surface area contributed by atoms with E-state index >= 15 is 0 Å². The lowest BCUT2D eigenvalue weighted by Crippen LogP contribution is -2.43. The molecule has 1 aromatic carbocycles. The Morgan fingerprint density at radius 3 is 2.69 bits per heavy atom. The Balaban J connectivity index is 1.64. The van der Waals surface area contributed by atoms with E-state index in [1.807, 2.05) is 0 Å². The molecular weight excluding hydrogens is 469 g/mol. The van der Waals surface area contributed by atoms with E-state index in [1.165, 1.54) is 11.8 Å².